The van der Waals surface area contributed by atoms with Crippen LogP contribution in [0.25, 0.3) is 0 Å². The van der Waals surface area contributed by atoms with E-state index in [-0.39, 0.29) is 22.7 Å². The lowest BCUT2D eigenvalue weighted by molar-refractivity contribution is -0.137. The highest BCUT2D eigenvalue weighted by molar-refractivity contribution is 8.01. The van der Waals surface area contributed by atoms with Gasteiger partial charge in [-0.25, -0.2) is 0 Å². The summed E-state index contributed by atoms with van der Waals surface area (Å²) in [5.41, 5.74) is 0. The molecule has 0 bridgehead atoms. The minimum Gasteiger partial charge on any atom is -0.385 e. The zero-order valence-electron chi connectivity index (χ0n) is 10.9. The fourth-order valence-corrected chi connectivity index (χ4v) is 3.99. The van der Waals surface area contributed by atoms with Gasteiger partial charge in [-0.05, 0) is 19.8 Å². The fraction of sp³-hybridized carbons (Fsp3) is 0.833. The van der Waals surface area contributed by atoms with E-state index in [1.807, 2.05) is 0 Å². The second kappa shape index (κ2) is 5.48. The lowest BCUT2D eigenvalue weighted by Gasteiger charge is -2.29. The van der Waals surface area contributed by atoms with E-state index in [9.17, 15) is 9.59 Å². The Bertz CT molecular complexity index is 350. The van der Waals surface area contributed by atoms with Gasteiger partial charge in [-0.2, -0.15) is 0 Å². The third kappa shape index (κ3) is 2.49. The van der Waals surface area contributed by atoms with Gasteiger partial charge in [0.2, 0.25) is 11.8 Å². The first kappa shape index (κ1) is 13.7. The Morgan fingerprint density at radius 2 is 2.44 bits per heavy atom. The lowest BCUT2D eigenvalue weighted by atomic mass is 10.2. The molecule has 2 fully saturated rings. The third-order valence-corrected chi connectivity index (χ3v) is 5.08. The van der Waals surface area contributed by atoms with Crippen LogP contribution in [0.15, 0.2) is 0 Å². The second-order valence-electron chi connectivity index (χ2n) is 4.90. The number of hydrogen-bond donors (Lipinski definition) is 1. The van der Waals surface area contributed by atoms with Crippen molar-refractivity contribution in [2.75, 3.05) is 26.0 Å². The number of hydrogen-bond acceptors (Lipinski definition) is 4. The predicted molar refractivity (Wildman–Crippen MR) is 70.2 cm³/mol. The van der Waals surface area contributed by atoms with Crippen molar-refractivity contribution in [3.8, 4) is 0 Å². The molecule has 0 aromatic carbocycles. The van der Waals surface area contributed by atoms with E-state index in [0.717, 1.165) is 12.8 Å². The summed E-state index contributed by atoms with van der Waals surface area (Å²) in [6, 6.07) is -0.294. The molecule has 0 aromatic rings. The van der Waals surface area contributed by atoms with Crippen molar-refractivity contribution in [1.82, 2.24) is 10.2 Å². The molecule has 0 aromatic heterocycles. The number of amides is 2. The monoisotopic (exact) mass is 272 g/mol. The minimum absolute atomic E-state index is 0.0300. The number of nitrogens with one attached hydrogen (secondary N) is 1. The Kier molecular flexibility index (Phi) is 4.17. The first-order chi connectivity index (χ1) is 8.58. The van der Waals surface area contributed by atoms with Crippen molar-refractivity contribution in [3.63, 3.8) is 0 Å². The molecule has 2 atom stereocenters. The van der Waals surface area contributed by atoms with Crippen LogP contribution in [0.1, 0.15) is 26.2 Å². The fourth-order valence-electron chi connectivity index (χ4n) is 2.56. The number of carbonyl (C=O) groups is 2. The Hall–Kier alpha value is -0.750. The number of methoxy groups -OCH3 is 1. The first-order valence-corrected chi connectivity index (χ1v) is 7.30. The molecule has 0 saturated carbocycles. The highest BCUT2D eigenvalue weighted by Gasteiger charge is 2.52. The molecule has 102 valence electrons. The minimum atomic E-state index is -0.294. The highest BCUT2D eigenvalue weighted by Crippen LogP contribution is 2.47. The summed E-state index contributed by atoms with van der Waals surface area (Å²) in [5.74, 6) is 0.787. The first-order valence-electron chi connectivity index (χ1n) is 6.31. The molecule has 0 unspecified atom stereocenters. The summed E-state index contributed by atoms with van der Waals surface area (Å²) in [7, 11) is 1.64. The molecule has 1 N–H and O–H groups in total. The number of carbonyl (C=O) groups excluding carboxylic acids is 2. The SMILES string of the molecule is COCCCNC(=O)[C@H]1CS[C@@]2(C)CCC(=O)N12. The van der Waals surface area contributed by atoms with E-state index in [1.165, 1.54) is 0 Å². The van der Waals surface area contributed by atoms with Gasteiger partial charge in [-0.3, -0.25) is 9.59 Å². The maximum atomic E-state index is 12.1. The highest BCUT2D eigenvalue weighted by atomic mass is 32.2. The zero-order chi connectivity index (χ0) is 13.2. The van der Waals surface area contributed by atoms with Gasteiger partial charge >= 0.3 is 0 Å². The Balaban J connectivity index is 1.89. The molecule has 6 heteroatoms. The van der Waals surface area contributed by atoms with E-state index in [4.69, 9.17) is 4.74 Å². The van der Waals surface area contributed by atoms with Crippen molar-refractivity contribution in [3.05, 3.63) is 0 Å². The van der Waals surface area contributed by atoms with Crippen LogP contribution >= 0.6 is 11.8 Å². The van der Waals surface area contributed by atoms with E-state index >= 15 is 0 Å². The molecular formula is C12H20N2O3S. The van der Waals surface area contributed by atoms with E-state index in [1.54, 1.807) is 23.8 Å². The Morgan fingerprint density at radius 3 is 3.17 bits per heavy atom. The van der Waals surface area contributed by atoms with Crippen LogP contribution in [0.4, 0.5) is 0 Å². The van der Waals surface area contributed by atoms with Crippen molar-refractivity contribution in [2.24, 2.45) is 0 Å². The summed E-state index contributed by atoms with van der Waals surface area (Å²) in [4.78, 5) is 25.6. The standard InChI is InChI=1S/C12H20N2O3S/c1-12-5-4-10(15)14(12)9(8-18-12)11(16)13-6-3-7-17-2/h9H,3-8H2,1-2H3,(H,13,16)/t9-,12+/m1/s1. The molecule has 2 amide bonds. The molecule has 2 heterocycles. The van der Waals surface area contributed by atoms with Crippen molar-refractivity contribution in [1.29, 1.82) is 0 Å². The Morgan fingerprint density at radius 1 is 1.67 bits per heavy atom. The van der Waals surface area contributed by atoms with Crippen LogP contribution in [-0.4, -0.2) is 53.6 Å². The summed E-state index contributed by atoms with van der Waals surface area (Å²) in [6.07, 6.45) is 2.22. The van der Waals surface area contributed by atoms with Crippen LogP contribution < -0.4 is 5.32 Å². The topological polar surface area (TPSA) is 58.6 Å². The van der Waals surface area contributed by atoms with Crippen LogP contribution in [0.2, 0.25) is 0 Å². The number of rotatable bonds is 5. The van der Waals surface area contributed by atoms with Gasteiger partial charge in [-0.1, -0.05) is 0 Å². The van der Waals surface area contributed by atoms with Gasteiger partial charge in [-0.15, -0.1) is 11.8 Å². The molecule has 2 saturated heterocycles. The van der Waals surface area contributed by atoms with Gasteiger partial charge in [0.1, 0.15) is 6.04 Å². The molecule has 5 nitrogen and oxygen atoms in total. The summed E-state index contributed by atoms with van der Waals surface area (Å²) < 4.78 is 4.93. The molecule has 2 rings (SSSR count). The van der Waals surface area contributed by atoms with Crippen LogP contribution in [0, 0.1) is 0 Å². The van der Waals surface area contributed by atoms with E-state index < -0.39 is 0 Å². The molecule has 0 radical (unpaired) electrons. The molecule has 18 heavy (non-hydrogen) atoms. The maximum Gasteiger partial charge on any atom is 0.243 e. The van der Waals surface area contributed by atoms with Crippen molar-refractivity contribution >= 4 is 23.6 Å². The number of nitrogens with zero attached hydrogens (tertiary/aromatic N) is 1. The molecule has 0 spiro atoms. The largest absolute Gasteiger partial charge is 0.385 e. The van der Waals surface area contributed by atoms with E-state index in [2.05, 4.69) is 12.2 Å². The summed E-state index contributed by atoms with van der Waals surface area (Å²) >= 11 is 1.72. The van der Waals surface area contributed by atoms with E-state index in [0.29, 0.717) is 25.3 Å². The van der Waals surface area contributed by atoms with Gasteiger partial charge in [0.25, 0.3) is 0 Å². The van der Waals surface area contributed by atoms with Gasteiger partial charge in [0.05, 0.1) is 4.87 Å². The Labute approximate surface area is 112 Å². The van der Waals surface area contributed by atoms with Crippen LogP contribution in [-0.2, 0) is 14.3 Å². The van der Waals surface area contributed by atoms with Gasteiger partial charge < -0.3 is 15.0 Å². The predicted octanol–water partition coefficient (Wildman–Crippen LogP) is 0.593. The normalized spacial score (nSPS) is 30.7. The quantitative estimate of drug-likeness (QED) is 0.744. The average molecular weight is 272 g/mol. The second-order valence-corrected chi connectivity index (χ2v) is 6.40. The smallest absolute Gasteiger partial charge is 0.243 e. The molecule has 0 aliphatic carbocycles. The molecule has 2 aliphatic rings. The molecular weight excluding hydrogens is 252 g/mol. The van der Waals surface area contributed by atoms with Gasteiger partial charge in [0.15, 0.2) is 0 Å². The maximum absolute atomic E-state index is 12.1. The van der Waals surface area contributed by atoms with Crippen molar-refractivity contribution < 1.29 is 14.3 Å². The number of ether oxygens (including phenoxy) is 1. The number of fused-ring (bicyclic) bond motifs is 1. The lowest BCUT2D eigenvalue weighted by Crippen LogP contribution is -2.50. The van der Waals surface area contributed by atoms with Crippen LogP contribution in [0.5, 0.6) is 0 Å². The summed E-state index contributed by atoms with van der Waals surface area (Å²) in [5, 5.41) is 2.88. The van der Waals surface area contributed by atoms with Gasteiger partial charge in [0, 0.05) is 32.4 Å². The third-order valence-electron chi connectivity index (χ3n) is 3.57. The summed E-state index contributed by atoms with van der Waals surface area (Å²) in [6.45, 7) is 3.30. The zero-order valence-corrected chi connectivity index (χ0v) is 11.7. The van der Waals surface area contributed by atoms with Crippen molar-refractivity contribution in [2.45, 2.75) is 37.1 Å². The van der Waals surface area contributed by atoms with Crippen LogP contribution in [0.3, 0.4) is 0 Å². The number of thioether (sulfide) groups is 1. The average Bonchev–Trinajstić information content (AvgIpc) is 2.83. The molecule has 2 aliphatic heterocycles.